The van der Waals surface area contributed by atoms with Gasteiger partial charge in [0.15, 0.2) is 0 Å². The predicted octanol–water partition coefficient (Wildman–Crippen LogP) is 0.239. The molecule has 0 atom stereocenters. The van der Waals surface area contributed by atoms with Crippen molar-refractivity contribution in [3.63, 3.8) is 0 Å². The zero-order valence-corrected chi connectivity index (χ0v) is 13.5. The van der Waals surface area contributed by atoms with Crippen molar-refractivity contribution in [2.24, 2.45) is 0 Å². The molecule has 0 bridgehead atoms. The van der Waals surface area contributed by atoms with Gasteiger partial charge in [-0.2, -0.15) is 5.10 Å². The van der Waals surface area contributed by atoms with Gasteiger partial charge in [-0.3, -0.25) is 4.79 Å². The van der Waals surface area contributed by atoms with Crippen molar-refractivity contribution in [3.8, 4) is 11.5 Å². The minimum Gasteiger partial charge on any atom is -0.497 e. The number of nitrogens with zero attached hydrogens (tertiary/aromatic N) is 2. The van der Waals surface area contributed by atoms with E-state index in [4.69, 9.17) is 9.47 Å². The minimum absolute atomic E-state index is 0.00540. The number of methoxy groups -OCH3 is 2. The molecule has 1 aromatic carbocycles. The molecule has 9 heteroatoms. The van der Waals surface area contributed by atoms with Crippen molar-refractivity contribution >= 4 is 10.0 Å². The largest absolute Gasteiger partial charge is 0.497 e. The summed E-state index contributed by atoms with van der Waals surface area (Å²) in [6.07, 6.45) is 1.46. The zero-order chi connectivity index (χ0) is 16.9. The lowest BCUT2D eigenvalue weighted by Crippen LogP contribution is -2.31. The maximum absolute atomic E-state index is 12.3. The van der Waals surface area contributed by atoms with Gasteiger partial charge in [0.1, 0.15) is 16.4 Å². The Morgan fingerprint density at radius 1 is 1.22 bits per heavy atom. The van der Waals surface area contributed by atoms with Gasteiger partial charge in [-0.15, -0.1) is 0 Å². The number of nitrogens with one attached hydrogen (secondary N) is 1. The monoisotopic (exact) mass is 339 g/mol. The van der Waals surface area contributed by atoms with Crippen LogP contribution in [0.15, 0.2) is 46.2 Å². The van der Waals surface area contributed by atoms with Gasteiger partial charge in [-0.05, 0) is 18.2 Å². The number of sulfonamides is 1. The van der Waals surface area contributed by atoms with Crippen LogP contribution in [0.25, 0.3) is 0 Å². The molecule has 0 unspecified atom stereocenters. The van der Waals surface area contributed by atoms with Crippen LogP contribution in [0.3, 0.4) is 0 Å². The van der Waals surface area contributed by atoms with Gasteiger partial charge in [-0.1, -0.05) is 0 Å². The zero-order valence-electron chi connectivity index (χ0n) is 12.7. The van der Waals surface area contributed by atoms with E-state index in [1.165, 1.54) is 55.4 Å². The Morgan fingerprint density at radius 3 is 2.65 bits per heavy atom. The fourth-order valence-corrected chi connectivity index (χ4v) is 3.09. The second-order valence-corrected chi connectivity index (χ2v) is 6.23. The quantitative estimate of drug-likeness (QED) is 0.776. The highest BCUT2D eigenvalue weighted by atomic mass is 32.2. The Hall–Kier alpha value is -2.39. The molecule has 0 radical (unpaired) electrons. The van der Waals surface area contributed by atoms with Gasteiger partial charge >= 0.3 is 0 Å². The Balaban J connectivity index is 2.13. The third-order valence-electron chi connectivity index (χ3n) is 3.06. The summed E-state index contributed by atoms with van der Waals surface area (Å²) >= 11 is 0. The molecule has 0 amide bonds. The maximum Gasteiger partial charge on any atom is 0.266 e. The van der Waals surface area contributed by atoms with E-state index in [-0.39, 0.29) is 29.3 Å². The van der Waals surface area contributed by atoms with Crippen LogP contribution in [0.5, 0.6) is 11.5 Å². The summed E-state index contributed by atoms with van der Waals surface area (Å²) in [5.74, 6) is 0.660. The topological polar surface area (TPSA) is 99.5 Å². The van der Waals surface area contributed by atoms with Gasteiger partial charge in [0.05, 0.1) is 20.8 Å². The lowest BCUT2D eigenvalue weighted by Gasteiger charge is -2.12. The first kappa shape index (κ1) is 17.0. The van der Waals surface area contributed by atoms with Gasteiger partial charge in [0.2, 0.25) is 10.0 Å². The number of aromatic nitrogens is 2. The second-order valence-electron chi connectivity index (χ2n) is 4.50. The van der Waals surface area contributed by atoms with Crippen molar-refractivity contribution in [1.29, 1.82) is 0 Å². The number of benzene rings is 1. The molecule has 23 heavy (non-hydrogen) atoms. The molecule has 0 fully saturated rings. The van der Waals surface area contributed by atoms with Gasteiger partial charge in [0.25, 0.3) is 5.56 Å². The van der Waals surface area contributed by atoms with E-state index >= 15 is 0 Å². The van der Waals surface area contributed by atoms with Crippen molar-refractivity contribution in [1.82, 2.24) is 14.5 Å². The van der Waals surface area contributed by atoms with E-state index in [9.17, 15) is 13.2 Å². The number of rotatable bonds is 7. The Morgan fingerprint density at radius 2 is 2.00 bits per heavy atom. The third kappa shape index (κ3) is 4.08. The van der Waals surface area contributed by atoms with Crippen LogP contribution in [0.4, 0.5) is 0 Å². The van der Waals surface area contributed by atoms with Crippen molar-refractivity contribution in [2.75, 3.05) is 20.8 Å². The molecule has 1 N–H and O–H groups in total. The van der Waals surface area contributed by atoms with Crippen LogP contribution in [-0.2, 0) is 16.6 Å². The molecular formula is C14H17N3O5S. The first-order valence-corrected chi connectivity index (χ1v) is 8.20. The summed E-state index contributed by atoms with van der Waals surface area (Å²) in [7, 11) is -0.931. The first-order chi connectivity index (χ1) is 11.0. The summed E-state index contributed by atoms with van der Waals surface area (Å²) in [5, 5.41) is 3.86. The maximum atomic E-state index is 12.3. The molecule has 1 aromatic heterocycles. The first-order valence-electron chi connectivity index (χ1n) is 6.72. The summed E-state index contributed by atoms with van der Waals surface area (Å²) in [5.41, 5.74) is -0.297. The molecule has 2 rings (SSSR count). The summed E-state index contributed by atoms with van der Waals surface area (Å²) in [6.45, 7) is 0.145. The molecule has 8 nitrogen and oxygen atoms in total. The molecule has 0 saturated carbocycles. The van der Waals surface area contributed by atoms with E-state index in [0.29, 0.717) is 5.75 Å². The third-order valence-corrected chi connectivity index (χ3v) is 4.56. The fourth-order valence-electron chi connectivity index (χ4n) is 1.92. The van der Waals surface area contributed by atoms with Gasteiger partial charge < -0.3 is 9.47 Å². The fraction of sp³-hybridized carbons (Fsp3) is 0.286. The average molecular weight is 339 g/mol. The molecule has 1 heterocycles. The van der Waals surface area contributed by atoms with Crippen LogP contribution in [-0.4, -0.2) is 39.0 Å². The number of ether oxygens (including phenoxy) is 2. The van der Waals surface area contributed by atoms with E-state index in [1.54, 1.807) is 0 Å². The number of hydrogen-bond acceptors (Lipinski definition) is 6. The molecule has 0 spiro atoms. The van der Waals surface area contributed by atoms with Crippen molar-refractivity contribution in [3.05, 3.63) is 46.9 Å². The van der Waals surface area contributed by atoms with E-state index < -0.39 is 10.0 Å². The van der Waals surface area contributed by atoms with Crippen molar-refractivity contribution in [2.45, 2.75) is 11.4 Å². The van der Waals surface area contributed by atoms with Crippen LogP contribution in [0.2, 0.25) is 0 Å². The number of hydrogen-bond donors (Lipinski definition) is 1. The van der Waals surface area contributed by atoms with Crippen molar-refractivity contribution < 1.29 is 17.9 Å². The smallest absolute Gasteiger partial charge is 0.266 e. The van der Waals surface area contributed by atoms with Crippen LogP contribution in [0, 0.1) is 0 Å². The summed E-state index contributed by atoms with van der Waals surface area (Å²) < 4.78 is 38.4. The van der Waals surface area contributed by atoms with E-state index in [2.05, 4.69) is 9.82 Å². The molecule has 0 aliphatic heterocycles. The standard InChI is InChI=1S/C14H17N3O5S/c1-21-11-5-6-13(12(10-11)22-2)23(19,20)16-8-9-17-14(18)4-3-7-15-17/h3-7,10,16H,8-9H2,1-2H3. The summed E-state index contributed by atoms with van der Waals surface area (Å²) in [6, 6.07) is 7.28. The summed E-state index contributed by atoms with van der Waals surface area (Å²) in [4.78, 5) is 11.5. The molecule has 0 saturated heterocycles. The van der Waals surface area contributed by atoms with Crippen LogP contribution < -0.4 is 19.8 Å². The second kappa shape index (κ2) is 7.25. The van der Waals surface area contributed by atoms with Crippen LogP contribution >= 0.6 is 0 Å². The average Bonchev–Trinajstić information content (AvgIpc) is 2.55. The Labute approximate surface area is 133 Å². The minimum atomic E-state index is -3.78. The molecule has 124 valence electrons. The molecular weight excluding hydrogens is 322 g/mol. The highest BCUT2D eigenvalue weighted by Crippen LogP contribution is 2.28. The van der Waals surface area contributed by atoms with Gasteiger partial charge in [-0.25, -0.2) is 17.8 Å². The highest BCUT2D eigenvalue weighted by Gasteiger charge is 2.19. The predicted molar refractivity (Wildman–Crippen MR) is 83.2 cm³/mol. The molecule has 0 aliphatic carbocycles. The Kier molecular flexibility index (Phi) is 5.35. The lowest BCUT2D eigenvalue weighted by atomic mass is 10.3. The lowest BCUT2D eigenvalue weighted by molar-refractivity contribution is 0.386. The normalized spacial score (nSPS) is 11.2. The molecule has 0 aliphatic rings. The van der Waals surface area contributed by atoms with Crippen LogP contribution in [0.1, 0.15) is 0 Å². The van der Waals surface area contributed by atoms with E-state index in [1.807, 2.05) is 0 Å². The highest BCUT2D eigenvalue weighted by molar-refractivity contribution is 7.89. The molecule has 2 aromatic rings. The van der Waals surface area contributed by atoms with Gasteiger partial charge in [0, 0.05) is 24.9 Å². The van der Waals surface area contributed by atoms with E-state index in [0.717, 1.165) is 0 Å². The SMILES string of the molecule is COc1ccc(S(=O)(=O)NCCn2ncccc2=O)c(OC)c1. The Bertz CT molecular complexity index is 832.